The molecule has 0 aliphatic rings. The van der Waals surface area contributed by atoms with E-state index in [1.54, 1.807) is 6.26 Å². The minimum atomic E-state index is -0.181. The molecule has 0 radical (unpaired) electrons. The molecule has 6 nitrogen and oxygen atoms in total. The number of rotatable bonds is 5. The van der Waals surface area contributed by atoms with E-state index in [1.807, 2.05) is 51.3 Å². The predicted octanol–water partition coefficient (Wildman–Crippen LogP) is 2.94. The first kappa shape index (κ1) is 17.8. The largest absolute Gasteiger partial charge is 0.467 e. The molecule has 1 amide bonds. The van der Waals surface area contributed by atoms with Gasteiger partial charge in [0.05, 0.1) is 24.9 Å². The van der Waals surface area contributed by atoms with Crippen LogP contribution >= 0.6 is 0 Å². The van der Waals surface area contributed by atoms with Crippen LogP contribution < -0.4 is 10.6 Å². The number of hydrogen-bond acceptors (Lipinski definition) is 4. The number of carbonyl (C=O) groups excluding carboxylic acids is 1. The number of furan rings is 1. The Bertz CT molecular complexity index is 759. The number of carbonyl (C=O) groups is 1. The first-order valence-electron chi connectivity index (χ1n) is 7.90. The van der Waals surface area contributed by atoms with Crippen molar-refractivity contribution in [2.45, 2.75) is 46.7 Å². The fraction of sp³-hybridized carbons (Fsp3) is 0.444. The molecule has 0 atom stereocenters. The number of nitrogens with one attached hydrogen (secondary N) is 2. The van der Waals surface area contributed by atoms with Crippen molar-refractivity contribution in [3.8, 4) is 6.07 Å². The van der Waals surface area contributed by atoms with Gasteiger partial charge in [-0.1, -0.05) is 0 Å². The lowest BCUT2D eigenvalue weighted by Gasteiger charge is -2.20. The molecule has 2 aromatic rings. The van der Waals surface area contributed by atoms with Gasteiger partial charge in [0.25, 0.3) is 0 Å². The lowest BCUT2D eigenvalue weighted by Crippen LogP contribution is -2.41. The Morgan fingerprint density at radius 3 is 2.62 bits per heavy atom. The Kier molecular flexibility index (Phi) is 5.15. The van der Waals surface area contributed by atoms with Crippen LogP contribution in [0, 0.1) is 25.2 Å². The zero-order chi connectivity index (χ0) is 17.9. The average molecular weight is 328 g/mol. The molecule has 6 heteroatoms. The van der Waals surface area contributed by atoms with Gasteiger partial charge in [-0.3, -0.25) is 4.79 Å². The maximum absolute atomic E-state index is 12.3. The topological polar surface area (TPSA) is 83.0 Å². The normalized spacial score (nSPS) is 11.3. The summed E-state index contributed by atoms with van der Waals surface area (Å²) in [6.45, 7) is 10.4. The Morgan fingerprint density at radius 2 is 2.08 bits per heavy atom. The van der Waals surface area contributed by atoms with Gasteiger partial charge in [-0.15, -0.1) is 0 Å². The van der Waals surface area contributed by atoms with Gasteiger partial charge in [-0.2, -0.15) is 5.26 Å². The highest BCUT2D eigenvalue weighted by molar-refractivity contribution is 5.93. The molecule has 0 saturated heterocycles. The van der Waals surface area contributed by atoms with Crippen molar-refractivity contribution in [1.82, 2.24) is 9.88 Å². The summed E-state index contributed by atoms with van der Waals surface area (Å²) in [5.41, 5.74) is 2.13. The van der Waals surface area contributed by atoms with E-state index >= 15 is 0 Å². The SMILES string of the molecule is Cc1c(C#N)c(NC(=O)CNC(C)(C)C)n(Cc2ccco2)c1C. The number of anilines is 1. The van der Waals surface area contributed by atoms with Crippen molar-refractivity contribution in [3.63, 3.8) is 0 Å². The van der Waals surface area contributed by atoms with E-state index in [2.05, 4.69) is 16.7 Å². The van der Waals surface area contributed by atoms with Crippen LogP contribution in [0.15, 0.2) is 22.8 Å². The van der Waals surface area contributed by atoms with Gasteiger partial charge in [0.1, 0.15) is 17.6 Å². The summed E-state index contributed by atoms with van der Waals surface area (Å²) in [6, 6.07) is 5.88. The molecule has 0 spiro atoms. The molecule has 0 aliphatic carbocycles. The predicted molar refractivity (Wildman–Crippen MR) is 92.8 cm³/mol. The maximum atomic E-state index is 12.3. The van der Waals surface area contributed by atoms with Gasteiger partial charge in [0.2, 0.25) is 5.91 Å². The second kappa shape index (κ2) is 6.93. The van der Waals surface area contributed by atoms with Crippen LogP contribution in [0.5, 0.6) is 0 Å². The summed E-state index contributed by atoms with van der Waals surface area (Å²) >= 11 is 0. The van der Waals surface area contributed by atoms with Gasteiger partial charge >= 0.3 is 0 Å². The van der Waals surface area contributed by atoms with Gasteiger partial charge < -0.3 is 19.6 Å². The Balaban J connectivity index is 2.28. The lowest BCUT2D eigenvalue weighted by molar-refractivity contribution is -0.115. The lowest BCUT2D eigenvalue weighted by atomic mass is 10.1. The molecule has 24 heavy (non-hydrogen) atoms. The van der Waals surface area contributed by atoms with Gasteiger partial charge in [0, 0.05) is 11.2 Å². The van der Waals surface area contributed by atoms with Crippen LogP contribution in [0.2, 0.25) is 0 Å². The van der Waals surface area contributed by atoms with Crippen molar-refractivity contribution in [1.29, 1.82) is 5.26 Å². The number of hydrogen-bond donors (Lipinski definition) is 2. The highest BCUT2D eigenvalue weighted by Crippen LogP contribution is 2.27. The highest BCUT2D eigenvalue weighted by atomic mass is 16.3. The number of aromatic nitrogens is 1. The Morgan fingerprint density at radius 1 is 1.38 bits per heavy atom. The van der Waals surface area contributed by atoms with E-state index in [0.717, 1.165) is 17.0 Å². The molecule has 0 aliphatic heterocycles. The van der Waals surface area contributed by atoms with Crippen LogP contribution in [0.25, 0.3) is 0 Å². The summed E-state index contributed by atoms with van der Waals surface area (Å²) < 4.78 is 7.30. The summed E-state index contributed by atoms with van der Waals surface area (Å²) in [5.74, 6) is 1.10. The fourth-order valence-electron chi connectivity index (χ4n) is 2.41. The molecular formula is C18H24N4O2. The third-order valence-electron chi connectivity index (χ3n) is 3.87. The molecule has 0 saturated carbocycles. The van der Waals surface area contributed by atoms with Crippen molar-refractivity contribution >= 4 is 11.7 Å². The molecular weight excluding hydrogens is 304 g/mol. The summed E-state index contributed by atoms with van der Waals surface area (Å²) in [6.07, 6.45) is 1.61. The third kappa shape index (κ3) is 4.06. The molecule has 0 aromatic carbocycles. The van der Waals surface area contributed by atoms with Gasteiger partial charge in [-0.05, 0) is 52.3 Å². The van der Waals surface area contributed by atoms with E-state index < -0.39 is 0 Å². The van der Waals surface area contributed by atoms with E-state index in [-0.39, 0.29) is 18.0 Å². The van der Waals surface area contributed by atoms with Crippen molar-refractivity contribution in [2.24, 2.45) is 0 Å². The average Bonchev–Trinajstić information content (AvgIpc) is 3.08. The first-order valence-corrected chi connectivity index (χ1v) is 7.90. The summed E-state index contributed by atoms with van der Waals surface area (Å²) in [5, 5.41) is 15.5. The van der Waals surface area contributed by atoms with Gasteiger partial charge in [-0.25, -0.2) is 0 Å². The smallest absolute Gasteiger partial charge is 0.239 e. The minimum Gasteiger partial charge on any atom is -0.467 e. The standard InChI is InChI=1S/C18H24N4O2/c1-12-13(2)22(11-14-7-6-8-24-14)17(15(12)9-19)21-16(23)10-20-18(3,4)5/h6-8,20H,10-11H2,1-5H3,(H,21,23). The van der Waals surface area contributed by atoms with E-state index in [9.17, 15) is 10.1 Å². The molecule has 0 fully saturated rings. The van der Waals surface area contributed by atoms with Crippen LogP contribution in [0.3, 0.4) is 0 Å². The van der Waals surface area contributed by atoms with E-state index in [4.69, 9.17) is 4.42 Å². The third-order valence-corrected chi connectivity index (χ3v) is 3.87. The van der Waals surface area contributed by atoms with Crippen molar-refractivity contribution < 1.29 is 9.21 Å². The molecule has 0 bridgehead atoms. The fourth-order valence-corrected chi connectivity index (χ4v) is 2.41. The molecule has 2 heterocycles. The molecule has 2 N–H and O–H groups in total. The molecule has 128 valence electrons. The zero-order valence-electron chi connectivity index (χ0n) is 14.9. The summed E-state index contributed by atoms with van der Waals surface area (Å²) in [4.78, 5) is 12.3. The van der Waals surface area contributed by atoms with Crippen LogP contribution in [0.1, 0.15) is 43.4 Å². The van der Waals surface area contributed by atoms with Crippen LogP contribution in [0.4, 0.5) is 5.82 Å². The molecule has 0 unspecified atom stereocenters. The first-order chi connectivity index (χ1) is 11.2. The van der Waals surface area contributed by atoms with Crippen molar-refractivity contribution in [3.05, 3.63) is 41.0 Å². The molecule has 2 rings (SSSR count). The second-order valence-electron chi connectivity index (χ2n) is 6.86. The van der Waals surface area contributed by atoms with Gasteiger partial charge in [0.15, 0.2) is 0 Å². The molecule has 2 aromatic heterocycles. The highest BCUT2D eigenvalue weighted by Gasteiger charge is 2.21. The van der Waals surface area contributed by atoms with Crippen molar-refractivity contribution in [2.75, 3.05) is 11.9 Å². The number of nitriles is 1. The number of amides is 1. The van der Waals surface area contributed by atoms with E-state index in [0.29, 0.717) is 17.9 Å². The quantitative estimate of drug-likeness (QED) is 0.884. The van der Waals surface area contributed by atoms with Crippen LogP contribution in [-0.4, -0.2) is 22.6 Å². The second-order valence-corrected chi connectivity index (χ2v) is 6.86. The van der Waals surface area contributed by atoms with E-state index in [1.165, 1.54) is 0 Å². The Labute approximate surface area is 142 Å². The van der Waals surface area contributed by atoms with Crippen LogP contribution in [-0.2, 0) is 11.3 Å². The zero-order valence-corrected chi connectivity index (χ0v) is 14.9. The minimum absolute atomic E-state index is 0.155. The Hall–Kier alpha value is -2.52. The maximum Gasteiger partial charge on any atom is 0.239 e. The number of nitrogens with zero attached hydrogens (tertiary/aromatic N) is 2. The summed E-state index contributed by atoms with van der Waals surface area (Å²) in [7, 11) is 0. The monoisotopic (exact) mass is 328 g/mol.